The van der Waals surface area contributed by atoms with Crippen molar-refractivity contribution in [3.8, 4) is 0 Å². The van der Waals surface area contributed by atoms with Crippen molar-refractivity contribution in [2.75, 3.05) is 20.2 Å². The van der Waals surface area contributed by atoms with Crippen LogP contribution in [0.2, 0.25) is 0 Å². The predicted octanol–water partition coefficient (Wildman–Crippen LogP) is 2.64. The zero-order chi connectivity index (χ0) is 19.7. The van der Waals surface area contributed by atoms with Gasteiger partial charge in [0.15, 0.2) is 5.76 Å². The number of carbonyl (C=O) groups is 2. The molecule has 0 unspecified atom stereocenters. The van der Waals surface area contributed by atoms with Gasteiger partial charge in [0.1, 0.15) is 5.58 Å². The van der Waals surface area contributed by atoms with Crippen LogP contribution in [-0.2, 0) is 16.1 Å². The Bertz CT molecular complexity index is 867. The number of furan rings is 1. The number of hydrogen-bond acceptors (Lipinski definition) is 5. The molecule has 1 aromatic carbocycles. The number of nitrogens with zero attached hydrogens (tertiary/aromatic N) is 1. The van der Waals surface area contributed by atoms with Gasteiger partial charge in [-0.3, -0.25) is 14.5 Å². The van der Waals surface area contributed by atoms with E-state index in [1.54, 1.807) is 7.11 Å². The van der Waals surface area contributed by atoms with Crippen LogP contribution >= 0.6 is 0 Å². The van der Waals surface area contributed by atoms with Crippen LogP contribution in [-0.4, -0.2) is 54.2 Å². The average molecular weight is 386 g/mol. The van der Waals surface area contributed by atoms with E-state index in [2.05, 4.69) is 10.2 Å². The highest BCUT2D eigenvalue weighted by atomic mass is 16.5. The number of methoxy groups -OCH3 is 1. The molecule has 2 saturated carbocycles. The minimum absolute atomic E-state index is 0.0385. The highest BCUT2D eigenvalue weighted by molar-refractivity contribution is 5.99. The van der Waals surface area contributed by atoms with Crippen molar-refractivity contribution >= 4 is 22.8 Å². The summed E-state index contributed by atoms with van der Waals surface area (Å²) in [4.78, 5) is 26.0. The molecule has 0 atom stereocenters. The van der Waals surface area contributed by atoms with Gasteiger partial charge in [-0.1, -0.05) is 18.2 Å². The molecular weight excluding hydrogens is 360 g/mol. The summed E-state index contributed by atoms with van der Waals surface area (Å²) in [5, 5.41) is 13.1. The summed E-state index contributed by atoms with van der Waals surface area (Å²) in [5.74, 6) is -0.0923. The van der Waals surface area contributed by atoms with Crippen LogP contribution in [0.3, 0.4) is 0 Å². The quantitative estimate of drug-likeness (QED) is 0.688. The maximum absolute atomic E-state index is 12.8. The van der Waals surface area contributed by atoms with Gasteiger partial charge < -0.3 is 19.6 Å². The van der Waals surface area contributed by atoms with Gasteiger partial charge in [-0.15, -0.1) is 0 Å². The monoisotopic (exact) mass is 386 g/mol. The number of benzene rings is 1. The van der Waals surface area contributed by atoms with Gasteiger partial charge in [0, 0.05) is 36.7 Å². The number of nitrogens with one attached hydrogen (secondary N) is 1. The van der Waals surface area contributed by atoms with Gasteiger partial charge in [0.25, 0.3) is 5.91 Å². The summed E-state index contributed by atoms with van der Waals surface area (Å²) in [7, 11) is 1.59. The molecule has 0 aliphatic heterocycles. The summed E-state index contributed by atoms with van der Waals surface area (Å²) in [6.07, 6.45) is 3.92. The molecule has 2 fully saturated rings. The molecule has 2 aromatic rings. The van der Waals surface area contributed by atoms with Crippen molar-refractivity contribution in [2.24, 2.45) is 5.92 Å². The Morgan fingerprint density at radius 2 is 2.04 bits per heavy atom. The number of carbonyl (C=O) groups excluding carboxylic acids is 1. The fourth-order valence-corrected chi connectivity index (χ4v) is 3.97. The Morgan fingerprint density at radius 1 is 1.29 bits per heavy atom. The van der Waals surface area contributed by atoms with Gasteiger partial charge in [-0.2, -0.15) is 0 Å². The summed E-state index contributed by atoms with van der Waals surface area (Å²) >= 11 is 0. The molecule has 4 rings (SSSR count). The highest BCUT2D eigenvalue weighted by Crippen LogP contribution is 2.34. The van der Waals surface area contributed by atoms with Crippen LogP contribution < -0.4 is 5.32 Å². The maximum atomic E-state index is 12.8. The van der Waals surface area contributed by atoms with E-state index in [4.69, 9.17) is 14.3 Å². The first-order chi connectivity index (χ1) is 13.5. The van der Waals surface area contributed by atoms with Crippen molar-refractivity contribution in [3.05, 3.63) is 35.6 Å². The maximum Gasteiger partial charge on any atom is 0.317 e. The number of amides is 1. The van der Waals surface area contributed by atoms with E-state index >= 15 is 0 Å². The Balaban J connectivity index is 1.39. The topological polar surface area (TPSA) is 92.0 Å². The fraction of sp³-hybridized carbons (Fsp3) is 0.524. The summed E-state index contributed by atoms with van der Waals surface area (Å²) in [5.41, 5.74) is 1.43. The second kappa shape index (κ2) is 7.93. The van der Waals surface area contributed by atoms with Crippen LogP contribution in [0, 0.1) is 5.92 Å². The van der Waals surface area contributed by atoms with E-state index in [0.717, 1.165) is 30.3 Å². The van der Waals surface area contributed by atoms with E-state index in [0.29, 0.717) is 23.9 Å². The van der Waals surface area contributed by atoms with Crippen LogP contribution in [0.25, 0.3) is 11.0 Å². The first kappa shape index (κ1) is 19.0. The number of ether oxygens (including phenoxy) is 1. The van der Waals surface area contributed by atoms with Gasteiger partial charge in [-0.05, 0) is 37.7 Å². The number of carboxylic acids is 1. The molecule has 150 valence electrons. The summed E-state index contributed by atoms with van der Waals surface area (Å²) in [6, 6.07) is 7.80. The third-order valence-corrected chi connectivity index (χ3v) is 5.69. The highest BCUT2D eigenvalue weighted by Gasteiger charge is 2.38. The number of hydrogen-bond donors (Lipinski definition) is 2. The molecule has 7 heteroatoms. The molecule has 0 saturated heterocycles. The third-order valence-electron chi connectivity index (χ3n) is 5.69. The molecule has 0 bridgehead atoms. The normalized spacial score (nSPS) is 21.6. The second-order valence-electron chi connectivity index (χ2n) is 7.90. The van der Waals surface area contributed by atoms with Gasteiger partial charge in [0.2, 0.25) is 0 Å². The predicted molar refractivity (Wildman–Crippen MR) is 103 cm³/mol. The lowest BCUT2D eigenvalue weighted by Crippen LogP contribution is -2.55. The Morgan fingerprint density at radius 3 is 2.71 bits per heavy atom. The van der Waals surface area contributed by atoms with Crippen molar-refractivity contribution in [3.63, 3.8) is 0 Å². The molecule has 1 amide bonds. The molecule has 28 heavy (non-hydrogen) atoms. The third kappa shape index (κ3) is 4.05. The van der Waals surface area contributed by atoms with Crippen molar-refractivity contribution in [1.82, 2.24) is 10.2 Å². The van der Waals surface area contributed by atoms with Crippen LogP contribution in [0.4, 0.5) is 0 Å². The molecule has 1 aromatic heterocycles. The number of para-hydroxylation sites is 1. The smallest absolute Gasteiger partial charge is 0.317 e. The van der Waals surface area contributed by atoms with Crippen LogP contribution in [0.1, 0.15) is 41.8 Å². The molecule has 0 radical (unpaired) electrons. The Hall–Kier alpha value is -2.38. The van der Waals surface area contributed by atoms with Crippen molar-refractivity contribution in [1.29, 1.82) is 0 Å². The number of fused-ring (bicyclic) bond motifs is 1. The molecule has 0 spiro atoms. The lowest BCUT2D eigenvalue weighted by molar-refractivity contribution is -0.139. The minimum atomic E-state index is -0.792. The Kier molecular flexibility index (Phi) is 5.37. The molecule has 1 heterocycles. The summed E-state index contributed by atoms with van der Waals surface area (Å²) < 4.78 is 11.0. The van der Waals surface area contributed by atoms with Gasteiger partial charge >= 0.3 is 5.97 Å². The second-order valence-corrected chi connectivity index (χ2v) is 7.90. The molecule has 7 nitrogen and oxygen atoms in total. The fourth-order valence-electron chi connectivity index (χ4n) is 3.97. The molecule has 2 aliphatic carbocycles. The lowest BCUT2D eigenvalue weighted by atomic mass is 9.85. The van der Waals surface area contributed by atoms with Crippen molar-refractivity contribution in [2.45, 2.75) is 44.4 Å². The standard InChI is InChI=1S/C21H26N2O5/c1-27-12-17-16-4-2-3-5-18(16)28-20(17)21(26)22-14-8-15(9-14)23(11-19(24)25)10-13-6-7-13/h2-5,13-15H,6-12H2,1H3,(H,22,26)(H,24,25). The SMILES string of the molecule is COCc1c(C(=O)NC2CC(N(CC(=O)O)CC3CC3)C2)oc2ccccc12. The largest absolute Gasteiger partial charge is 0.480 e. The summed E-state index contributed by atoms with van der Waals surface area (Å²) in [6.45, 7) is 1.23. The van der Waals surface area contributed by atoms with E-state index < -0.39 is 5.97 Å². The zero-order valence-corrected chi connectivity index (χ0v) is 16.0. The van der Waals surface area contributed by atoms with Gasteiger partial charge in [-0.25, -0.2) is 0 Å². The first-order valence-corrected chi connectivity index (χ1v) is 9.81. The number of aliphatic carboxylic acids is 1. The van der Waals surface area contributed by atoms with Gasteiger partial charge in [0.05, 0.1) is 13.2 Å². The lowest BCUT2D eigenvalue weighted by Gasteiger charge is -2.42. The molecule has 2 aliphatic rings. The molecular formula is C21H26N2O5. The van der Waals surface area contributed by atoms with Crippen LogP contribution in [0.15, 0.2) is 28.7 Å². The average Bonchev–Trinajstić information content (AvgIpc) is 3.37. The number of rotatable bonds is 9. The first-order valence-electron chi connectivity index (χ1n) is 9.81. The van der Waals surface area contributed by atoms with Crippen molar-refractivity contribution < 1.29 is 23.8 Å². The van der Waals surface area contributed by atoms with E-state index in [1.165, 1.54) is 12.8 Å². The Labute approximate surface area is 163 Å². The minimum Gasteiger partial charge on any atom is -0.480 e. The number of carboxylic acid groups (broad SMARTS) is 1. The van der Waals surface area contributed by atoms with Crippen LogP contribution in [0.5, 0.6) is 0 Å². The molecule has 2 N–H and O–H groups in total. The van der Waals surface area contributed by atoms with E-state index in [9.17, 15) is 9.59 Å². The zero-order valence-electron chi connectivity index (χ0n) is 16.0. The van der Waals surface area contributed by atoms with E-state index in [-0.39, 0.29) is 24.5 Å². The van der Waals surface area contributed by atoms with E-state index in [1.807, 2.05) is 24.3 Å².